The van der Waals surface area contributed by atoms with Crippen LogP contribution in [0.3, 0.4) is 0 Å². The highest BCUT2D eigenvalue weighted by Gasteiger charge is 2.48. The summed E-state index contributed by atoms with van der Waals surface area (Å²) in [5.74, 6) is -2.05. The summed E-state index contributed by atoms with van der Waals surface area (Å²) in [6.07, 6.45) is 3.77. The smallest absolute Gasteiger partial charge is 0.350 e. The number of pyridine rings is 1. The first-order valence-electron chi connectivity index (χ1n) is 11.5. The number of esters is 1. The van der Waals surface area contributed by atoms with Crippen LogP contribution in [0.4, 0.5) is 5.13 Å². The van der Waals surface area contributed by atoms with E-state index in [1.807, 2.05) is 6.92 Å². The van der Waals surface area contributed by atoms with E-state index in [9.17, 15) is 19.5 Å². The number of ether oxygens (including phenoxy) is 2. The number of amides is 1. The van der Waals surface area contributed by atoms with Crippen LogP contribution < -0.4 is 9.64 Å². The molecule has 1 fully saturated rings. The van der Waals surface area contributed by atoms with Gasteiger partial charge >= 0.3 is 11.9 Å². The Balaban J connectivity index is 1.89. The molecule has 36 heavy (non-hydrogen) atoms. The Morgan fingerprint density at radius 3 is 2.61 bits per heavy atom. The van der Waals surface area contributed by atoms with Crippen molar-refractivity contribution in [3.05, 3.63) is 76.1 Å². The fourth-order valence-corrected chi connectivity index (χ4v) is 4.86. The van der Waals surface area contributed by atoms with E-state index in [1.165, 1.54) is 17.3 Å². The summed E-state index contributed by atoms with van der Waals surface area (Å²) in [7, 11) is 0. The third kappa shape index (κ3) is 4.72. The average Bonchev–Trinajstić information content (AvgIpc) is 3.40. The number of carbonyl (C=O) groups excluding carboxylic acids is 3. The lowest BCUT2D eigenvalue weighted by Crippen LogP contribution is -2.29. The maximum absolute atomic E-state index is 13.3. The topological polar surface area (TPSA) is 119 Å². The number of hydrogen-bond donors (Lipinski definition) is 1. The van der Waals surface area contributed by atoms with Gasteiger partial charge in [0.2, 0.25) is 0 Å². The molecule has 0 bridgehead atoms. The molecule has 1 aromatic carbocycles. The van der Waals surface area contributed by atoms with E-state index >= 15 is 0 Å². The van der Waals surface area contributed by atoms with Crippen molar-refractivity contribution >= 4 is 39.9 Å². The van der Waals surface area contributed by atoms with E-state index in [4.69, 9.17) is 9.47 Å². The van der Waals surface area contributed by atoms with Crippen molar-refractivity contribution in [1.29, 1.82) is 0 Å². The number of anilines is 1. The minimum absolute atomic E-state index is 0.0932. The molecule has 1 N–H and O–H groups in total. The number of benzene rings is 1. The lowest BCUT2D eigenvalue weighted by Gasteiger charge is -2.23. The first-order valence-corrected chi connectivity index (χ1v) is 12.3. The van der Waals surface area contributed by atoms with Crippen molar-refractivity contribution in [2.75, 3.05) is 18.1 Å². The fraction of sp³-hybridized carbons (Fsp3) is 0.269. The standard InChI is InChI=1S/C26H25N3O6S/c1-4-13-35-18-8-6-7-17(14-18)20-19(21(30)16-9-11-27-12-10-16)22(31)24(32)29(20)26-28-15(3)23(36-26)25(33)34-5-2/h6-12,14,20,30H,4-5,13H2,1-3H3/b21-19+. The zero-order chi connectivity index (χ0) is 25.8. The van der Waals surface area contributed by atoms with Crippen LogP contribution in [0, 0.1) is 6.92 Å². The van der Waals surface area contributed by atoms with E-state index in [0.29, 0.717) is 29.2 Å². The predicted octanol–water partition coefficient (Wildman–Crippen LogP) is 4.44. The van der Waals surface area contributed by atoms with Gasteiger partial charge < -0.3 is 14.6 Å². The summed E-state index contributed by atoms with van der Waals surface area (Å²) in [5.41, 5.74) is 1.17. The molecule has 1 atom stereocenters. The highest BCUT2D eigenvalue weighted by molar-refractivity contribution is 7.17. The van der Waals surface area contributed by atoms with Gasteiger partial charge in [-0.15, -0.1) is 0 Å². The Morgan fingerprint density at radius 2 is 1.92 bits per heavy atom. The van der Waals surface area contributed by atoms with Gasteiger partial charge in [0.25, 0.3) is 5.78 Å². The minimum atomic E-state index is -0.996. The van der Waals surface area contributed by atoms with Crippen molar-refractivity contribution < 1.29 is 29.0 Å². The van der Waals surface area contributed by atoms with E-state index < -0.39 is 23.7 Å². The number of carbonyl (C=O) groups is 3. The van der Waals surface area contributed by atoms with Gasteiger partial charge in [-0.25, -0.2) is 9.78 Å². The number of nitrogens with zero attached hydrogens (tertiary/aromatic N) is 3. The van der Waals surface area contributed by atoms with Crippen LogP contribution in [-0.2, 0) is 14.3 Å². The Labute approximate surface area is 212 Å². The van der Waals surface area contributed by atoms with Crippen LogP contribution in [0.5, 0.6) is 5.75 Å². The second kappa shape index (κ2) is 10.7. The molecule has 9 nitrogen and oxygen atoms in total. The lowest BCUT2D eigenvalue weighted by molar-refractivity contribution is -0.132. The summed E-state index contributed by atoms with van der Waals surface area (Å²) >= 11 is 0.958. The lowest BCUT2D eigenvalue weighted by atomic mass is 9.95. The largest absolute Gasteiger partial charge is 0.507 e. The Morgan fingerprint density at radius 1 is 1.17 bits per heavy atom. The Kier molecular flexibility index (Phi) is 7.44. The molecular weight excluding hydrogens is 482 g/mol. The highest BCUT2D eigenvalue weighted by atomic mass is 32.1. The first kappa shape index (κ1) is 25.1. The van der Waals surface area contributed by atoms with Gasteiger partial charge in [0.1, 0.15) is 16.4 Å². The third-order valence-corrected chi connectivity index (χ3v) is 6.63. The molecule has 0 spiro atoms. The summed E-state index contributed by atoms with van der Waals surface area (Å²) in [5, 5.41) is 11.3. The Hall–Kier alpha value is -4.05. The number of aryl methyl sites for hydroxylation is 1. The van der Waals surface area contributed by atoms with Crippen LogP contribution in [0.2, 0.25) is 0 Å². The van der Waals surface area contributed by atoms with Crippen LogP contribution in [0.25, 0.3) is 5.76 Å². The molecule has 4 rings (SSSR count). The predicted molar refractivity (Wildman–Crippen MR) is 134 cm³/mol. The summed E-state index contributed by atoms with van der Waals surface area (Å²) in [4.78, 5) is 48.9. The number of Topliss-reactive ketones (excluding diaryl/α,β-unsaturated/α-hetero) is 1. The summed E-state index contributed by atoms with van der Waals surface area (Å²) in [6.45, 7) is 6.00. The molecule has 2 aromatic heterocycles. The van der Waals surface area contributed by atoms with Crippen LogP contribution in [0.1, 0.15) is 52.8 Å². The van der Waals surface area contributed by atoms with Gasteiger partial charge in [-0.1, -0.05) is 30.4 Å². The molecule has 3 heterocycles. The van der Waals surface area contributed by atoms with E-state index in [1.54, 1.807) is 50.2 Å². The second-order valence-electron chi connectivity index (χ2n) is 7.96. The van der Waals surface area contributed by atoms with Crippen LogP contribution >= 0.6 is 11.3 Å². The van der Waals surface area contributed by atoms with Gasteiger partial charge in [-0.05, 0) is 50.1 Å². The summed E-state index contributed by atoms with van der Waals surface area (Å²) in [6, 6.07) is 9.11. The molecule has 3 aromatic rings. The monoisotopic (exact) mass is 507 g/mol. The number of aliphatic hydroxyl groups excluding tert-OH is 1. The number of thiazole rings is 1. The Bertz CT molecular complexity index is 1330. The fourth-order valence-electron chi connectivity index (χ4n) is 3.88. The number of ketones is 1. The van der Waals surface area contributed by atoms with E-state index in [0.717, 1.165) is 17.8 Å². The maximum atomic E-state index is 13.3. The molecule has 1 amide bonds. The van der Waals surface area contributed by atoms with Gasteiger partial charge in [-0.2, -0.15) is 0 Å². The van der Waals surface area contributed by atoms with Gasteiger partial charge in [0.15, 0.2) is 5.13 Å². The van der Waals surface area contributed by atoms with Crippen molar-refractivity contribution in [2.45, 2.75) is 33.2 Å². The first-order chi connectivity index (χ1) is 17.4. The van der Waals surface area contributed by atoms with E-state index in [-0.39, 0.29) is 27.9 Å². The molecule has 0 radical (unpaired) electrons. The highest BCUT2D eigenvalue weighted by Crippen LogP contribution is 2.44. The quantitative estimate of drug-likeness (QED) is 0.206. The molecule has 0 aliphatic carbocycles. The minimum Gasteiger partial charge on any atom is -0.507 e. The molecule has 1 aliphatic rings. The molecule has 1 aliphatic heterocycles. The SMILES string of the molecule is CCCOc1cccc(C2/C(=C(\O)c3ccncc3)C(=O)C(=O)N2c2nc(C)c(C(=O)OCC)s2)c1. The van der Waals surface area contributed by atoms with Gasteiger partial charge in [-0.3, -0.25) is 19.5 Å². The van der Waals surface area contributed by atoms with E-state index in [2.05, 4.69) is 9.97 Å². The number of hydrogen-bond acceptors (Lipinski definition) is 9. The van der Waals surface area contributed by atoms with Gasteiger partial charge in [0, 0.05) is 18.0 Å². The van der Waals surface area contributed by atoms with Crippen LogP contribution in [0.15, 0.2) is 54.4 Å². The molecule has 1 unspecified atom stereocenters. The second-order valence-corrected chi connectivity index (χ2v) is 8.93. The normalized spacial score (nSPS) is 16.9. The van der Waals surface area contributed by atoms with Crippen LogP contribution in [-0.4, -0.2) is 45.9 Å². The zero-order valence-electron chi connectivity index (χ0n) is 20.1. The maximum Gasteiger partial charge on any atom is 0.350 e. The third-order valence-electron chi connectivity index (χ3n) is 5.50. The number of rotatable bonds is 8. The number of aromatic nitrogens is 2. The molecule has 0 saturated carbocycles. The molecular formula is C26H25N3O6S. The molecule has 1 saturated heterocycles. The summed E-state index contributed by atoms with van der Waals surface area (Å²) < 4.78 is 10.9. The molecule has 10 heteroatoms. The number of aliphatic hydroxyl groups is 1. The van der Waals surface area contributed by atoms with Crippen molar-refractivity contribution in [3.63, 3.8) is 0 Å². The van der Waals surface area contributed by atoms with Crippen molar-refractivity contribution in [1.82, 2.24) is 9.97 Å². The molecule has 186 valence electrons. The zero-order valence-corrected chi connectivity index (χ0v) is 20.9. The van der Waals surface area contributed by atoms with Crippen molar-refractivity contribution in [3.8, 4) is 5.75 Å². The average molecular weight is 508 g/mol. The van der Waals surface area contributed by atoms with Crippen molar-refractivity contribution in [2.24, 2.45) is 0 Å². The van der Waals surface area contributed by atoms with Gasteiger partial charge in [0.05, 0.1) is 30.5 Å².